The molecule has 0 aromatic heterocycles. The molecule has 1 saturated heterocycles. The molecule has 1 rings (SSSR count). The van der Waals surface area contributed by atoms with Crippen molar-refractivity contribution in [2.24, 2.45) is 5.73 Å². The molecule has 0 atom stereocenters. The van der Waals surface area contributed by atoms with Gasteiger partial charge in [0, 0.05) is 6.04 Å². The standard InChI is InChI=1S/C10H21N2.K/c1-2-3-4-7-12-8-5-10(11)6-9-12;/h10H,1-9,11H2;/q-1;+1. The minimum absolute atomic E-state index is 0. The van der Waals surface area contributed by atoms with Gasteiger partial charge >= 0.3 is 51.4 Å². The van der Waals surface area contributed by atoms with Crippen molar-refractivity contribution < 1.29 is 51.4 Å². The zero-order valence-electron chi connectivity index (χ0n) is 8.97. The summed E-state index contributed by atoms with van der Waals surface area (Å²) in [6.07, 6.45) is 6.02. The average Bonchev–Trinajstić information content (AvgIpc) is 2.09. The molecule has 0 aromatic rings. The summed E-state index contributed by atoms with van der Waals surface area (Å²) in [5.74, 6) is 0. The molecule has 1 aliphatic rings. The van der Waals surface area contributed by atoms with Gasteiger partial charge in [0.05, 0.1) is 0 Å². The number of hydrogen-bond acceptors (Lipinski definition) is 2. The van der Waals surface area contributed by atoms with Crippen LogP contribution >= 0.6 is 0 Å². The Morgan fingerprint density at radius 3 is 2.38 bits per heavy atom. The van der Waals surface area contributed by atoms with Crippen LogP contribution in [0.1, 0.15) is 32.1 Å². The maximum Gasteiger partial charge on any atom is 1.00 e. The summed E-state index contributed by atoms with van der Waals surface area (Å²) in [4.78, 5) is 2.53. The third-order valence-corrected chi connectivity index (χ3v) is 2.61. The normalized spacial score (nSPS) is 19.8. The molecule has 0 amide bonds. The summed E-state index contributed by atoms with van der Waals surface area (Å²) in [6, 6.07) is 0.467. The van der Waals surface area contributed by atoms with Crippen molar-refractivity contribution in [3.63, 3.8) is 0 Å². The topological polar surface area (TPSA) is 29.3 Å². The summed E-state index contributed by atoms with van der Waals surface area (Å²) in [5.41, 5.74) is 5.82. The van der Waals surface area contributed by atoms with Gasteiger partial charge in [-0.3, -0.25) is 0 Å². The molecule has 2 nitrogen and oxygen atoms in total. The first-order valence-corrected chi connectivity index (χ1v) is 5.10. The predicted octanol–water partition coefficient (Wildman–Crippen LogP) is -1.58. The molecule has 0 radical (unpaired) electrons. The van der Waals surface area contributed by atoms with Crippen LogP contribution in [0.3, 0.4) is 0 Å². The van der Waals surface area contributed by atoms with Gasteiger partial charge in [-0.25, -0.2) is 0 Å². The van der Waals surface area contributed by atoms with Crippen LogP contribution in [0.15, 0.2) is 0 Å². The fourth-order valence-electron chi connectivity index (χ4n) is 1.69. The zero-order valence-corrected chi connectivity index (χ0v) is 12.1. The quantitative estimate of drug-likeness (QED) is 0.343. The first kappa shape index (κ1) is 14.6. The summed E-state index contributed by atoms with van der Waals surface area (Å²) in [6.45, 7) is 7.51. The van der Waals surface area contributed by atoms with Crippen molar-refractivity contribution in [1.29, 1.82) is 0 Å². The van der Waals surface area contributed by atoms with Crippen molar-refractivity contribution in [1.82, 2.24) is 4.90 Å². The van der Waals surface area contributed by atoms with Crippen LogP contribution in [0.25, 0.3) is 0 Å². The summed E-state index contributed by atoms with van der Waals surface area (Å²) in [7, 11) is 0. The van der Waals surface area contributed by atoms with Crippen molar-refractivity contribution in [3.8, 4) is 0 Å². The third kappa shape index (κ3) is 6.60. The molecule has 0 spiro atoms. The molecule has 13 heavy (non-hydrogen) atoms. The molecular weight excluding hydrogens is 187 g/mol. The Morgan fingerprint density at radius 2 is 1.85 bits per heavy atom. The summed E-state index contributed by atoms with van der Waals surface area (Å²) >= 11 is 0. The van der Waals surface area contributed by atoms with E-state index in [1.807, 2.05) is 0 Å². The summed E-state index contributed by atoms with van der Waals surface area (Å²) < 4.78 is 0. The largest absolute Gasteiger partial charge is 1.00 e. The van der Waals surface area contributed by atoms with E-state index in [-0.39, 0.29) is 51.4 Å². The SMILES string of the molecule is [CH2-]CCCCN1CCC(N)CC1.[K+]. The van der Waals surface area contributed by atoms with Crippen LogP contribution in [-0.4, -0.2) is 30.6 Å². The fraction of sp³-hybridized carbons (Fsp3) is 0.900. The molecule has 0 aromatic carbocycles. The van der Waals surface area contributed by atoms with Crippen molar-refractivity contribution in [2.75, 3.05) is 19.6 Å². The molecule has 72 valence electrons. The molecule has 1 fully saturated rings. The first-order valence-electron chi connectivity index (χ1n) is 5.10. The number of piperidine rings is 1. The second kappa shape index (κ2) is 8.83. The molecule has 2 N–H and O–H groups in total. The van der Waals surface area contributed by atoms with Gasteiger partial charge in [0.1, 0.15) is 0 Å². The van der Waals surface area contributed by atoms with Gasteiger partial charge in [0.2, 0.25) is 0 Å². The van der Waals surface area contributed by atoms with Gasteiger partial charge in [-0.1, -0.05) is 6.42 Å². The Kier molecular flexibility index (Phi) is 9.89. The minimum Gasteiger partial charge on any atom is -0.343 e. The van der Waals surface area contributed by atoms with E-state index in [9.17, 15) is 0 Å². The maximum absolute atomic E-state index is 5.82. The van der Waals surface area contributed by atoms with Crippen LogP contribution in [0.5, 0.6) is 0 Å². The van der Waals surface area contributed by atoms with Crippen molar-refractivity contribution in [2.45, 2.75) is 38.1 Å². The molecule has 1 aliphatic heterocycles. The van der Waals surface area contributed by atoms with Gasteiger partial charge in [-0.15, -0.1) is 0 Å². The Morgan fingerprint density at radius 1 is 1.23 bits per heavy atom. The van der Waals surface area contributed by atoms with E-state index < -0.39 is 0 Å². The van der Waals surface area contributed by atoms with E-state index in [1.165, 1.54) is 45.3 Å². The van der Waals surface area contributed by atoms with E-state index in [2.05, 4.69) is 11.8 Å². The molecule has 1 heterocycles. The van der Waals surface area contributed by atoms with E-state index in [1.54, 1.807) is 0 Å². The molecule has 0 aliphatic carbocycles. The van der Waals surface area contributed by atoms with Gasteiger partial charge in [0.25, 0.3) is 0 Å². The number of hydrogen-bond donors (Lipinski definition) is 1. The Bertz CT molecular complexity index is 111. The second-order valence-corrected chi connectivity index (χ2v) is 3.74. The predicted molar refractivity (Wildman–Crippen MR) is 52.9 cm³/mol. The molecule has 0 saturated carbocycles. The smallest absolute Gasteiger partial charge is 0.343 e. The number of likely N-dealkylation sites (tertiary alicyclic amines) is 1. The van der Waals surface area contributed by atoms with Gasteiger partial charge in [0.15, 0.2) is 0 Å². The second-order valence-electron chi connectivity index (χ2n) is 3.74. The van der Waals surface area contributed by atoms with Gasteiger partial charge in [-0.2, -0.15) is 6.42 Å². The van der Waals surface area contributed by atoms with E-state index in [4.69, 9.17) is 5.73 Å². The van der Waals surface area contributed by atoms with Crippen molar-refractivity contribution in [3.05, 3.63) is 6.92 Å². The van der Waals surface area contributed by atoms with Crippen LogP contribution in [0.2, 0.25) is 0 Å². The van der Waals surface area contributed by atoms with Crippen LogP contribution < -0.4 is 57.1 Å². The number of nitrogens with zero attached hydrogens (tertiary/aromatic N) is 1. The summed E-state index contributed by atoms with van der Waals surface area (Å²) in [5, 5.41) is 0. The molecular formula is C10H21KN2. The Balaban J connectivity index is 0.00000144. The fourth-order valence-corrected chi connectivity index (χ4v) is 1.69. The maximum atomic E-state index is 5.82. The molecule has 0 bridgehead atoms. The van der Waals surface area contributed by atoms with E-state index in [0.29, 0.717) is 6.04 Å². The minimum atomic E-state index is 0. The zero-order chi connectivity index (χ0) is 8.81. The van der Waals surface area contributed by atoms with Crippen LogP contribution in [-0.2, 0) is 0 Å². The molecule has 0 unspecified atom stereocenters. The number of nitrogens with two attached hydrogens (primary N) is 1. The van der Waals surface area contributed by atoms with Crippen LogP contribution in [0, 0.1) is 6.92 Å². The Hall–Kier alpha value is 1.56. The number of rotatable bonds is 4. The number of unbranched alkanes of at least 4 members (excludes halogenated alkanes) is 2. The third-order valence-electron chi connectivity index (χ3n) is 2.61. The van der Waals surface area contributed by atoms with Crippen LogP contribution in [0.4, 0.5) is 0 Å². The first-order chi connectivity index (χ1) is 5.83. The van der Waals surface area contributed by atoms with E-state index in [0.717, 1.165) is 6.42 Å². The van der Waals surface area contributed by atoms with E-state index >= 15 is 0 Å². The molecule has 3 heteroatoms. The van der Waals surface area contributed by atoms with Gasteiger partial charge < -0.3 is 17.6 Å². The van der Waals surface area contributed by atoms with Gasteiger partial charge in [-0.05, 0) is 38.9 Å². The monoisotopic (exact) mass is 208 g/mol. The van der Waals surface area contributed by atoms with Crippen molar-refractivity contribution >= 4 is 0 Å². The average molecular weight is 208 g/mol. The Labute approximate surface area is 125 Å².